The summed E-state index contributed by atoms with van der Waals surface area (Å²) in [5, 5.41) is 7.12. The Balaban J connectivity index is 1.81. The third-order valence-electron chi connectivity index (χ3n) is 5.19. The molecule has 2 aromatic heterocycles. The molecule has 1 amide bonds. The van der Waals surface area contributed by atoms with Crippen molar-refractivity contribution in [3.63, 3.8) is 0 Å². The Morgan fingerprint density at radius 2 is 1.97 bits per heavy atom. The number of carbonyl (C=O) groups is 1. The summed E-state index contributed by atoms with van der Waals surface area (Å²) >= 11 is 0. The van der Waals surface area contributed by atoms with Crippen LogP contribution in [0.5, 0.6) is 0 Å². The van der Waals surface area contributed by atoms with Crippen LogP contribution < -0.4 is 10.9 Å². The van der Waals surface area contributed by atoms with E-state index in [4.69, 9.17) is 0 Å². The molecule has 31 heavy (non-hydrogen) atoms. The molecule has 0 fully saturated rings. The molecule has 2 aromatic carbocycles. The van der Waals surface area contributed by atoms with E-state index in [9.17, 15) is 14.0 Å². The molecule has 8 heteroatoms. The topological polar surface area (TPSA) is 81.3 Å². The second-order valence-corrected chi connectivity index (χ2v) is 7.65. The first-order valence-electron chi connectivity index (χ1n) is 10.4. The third kappa shape index (κ3) is 4.19. The number of amides is 1. The fourth-order valence-electron chi connectivity index (χ4n) is 3.60. The number of unbranched alkanes of at least 4 members (excludes halogenated alkanes) is 2. The molecule has 1 N–H and O–H groups in total. The first-order valence-corrected chi connectivity index (χ1v) is 10.4. The summed E-state index contributed by atoms with van der Waals surface area (Å²) < 4.78 is 16.6. The van der Waals surface area contributed by atoms with E-state index in [0.29, 0.717) is 23.1 Å². The minimum Gasteiger partial charge on any atom is -0.349 e. The van der Waals surface area contributed by atoms with Crippen LogP contribution in [0.4, 0.5) is 4.39 Å². The number of aryl methyl sites for hydroxylation is 1. The lowest BCUT2D eigenvalue weighted by Gasteiger charge is -2.12. The molecule has 0 saturated carbocycles. The van der Waals surface area contributed by atoms with Crippen molar-refractivity contribution in [2.75, 3.05) is 6.54 Å². The smallest absolute Gasteiger partial charge is 0.296 e. The molecule has 4 aromatic rings. The number of fused-ring (bicyclic) bond motifs is 3. The molecule has 0 aliphatic carbocycles. The van der Waals surface area contributed by atoms with Crippen LogP contribution in [-0.4, -0.2) is 31.6 Å². The summed E-state index contributed by atoms with van der Waals surface area (Å²) in [5.41, 5.74) is 2.58. The van der Waals surface area contributed by atoms with E-state index in [1.165, 1.54) is 16.6 Å². The summed E-state index contributed by atoms with van der Waals surface area (Å²) in [5.74, 6) is -0.813. The van der Waals surface area contributed by atoms with Crippen LogP contribution in [-0.2, 0) is 6.54 Å². The molecule has 0 aliphatic rings. The van der Waals surface area contributed by atoms with Gasteiger partial charge >= 0.3 is 0 Å². The van der Waals surface area contributed by atoms with Gasteiger partial charge in [-0.1, -0.05) is 38.0 Å². The van der Waals surface area contributed by atoms with Crippen molar-refractivity contribution >= 4 is 22.6 Å². The van der Waals surface area contributed by atoms with Gasteiger partial charge in [-0.25, -0.2) is 8.91 Å². The standard InChI is InChI=1S/C23H24FN5O2/c1-3-4-5-11-25-22(30)20-26-21-23(31)28(14-16-7-6-8-17(24)13-16)19-12-15(2)9-10-18(19)29(21)27-20/h6-10,12-13H,3-5,11,14H2,1-2H3,(H,25,30). The second kappa shape index (κ2) is 8.67. The van der Waals surface area contributed by atoms with Crippen LogP contribution in [0.1, 0.15) is 47.9 Å². The number of hydrogen-bond acceptors (Lipinski definition) is 4. The largest absolute Gasteiger partial charge is 0.349 e. The van der Waals surface area contributed by atoms with Gasteiger partial charge < -0.3 is 5.32 Å². The van der Waals surface area contributed by atoms with Crippen LogP contribution in [0.3, 0.4) is 0 Å². The van der Waals surface area contributed by atoms with Crippen LogP contribution in [0.25, 0.3) is 16.7 Å². The van der Waals surface area contributed by atoms with E-state index in [1.54, 1.807) is 16.7 Å². The third-order valence-corrected chi connectivity index (χ3v) is 5.19. The van der Waals surface area contributed by atoms with Crippen molar-refractivity contribution < 1.29 is 9.18 Å². The van der Waals surface area contributed by atoms with E-state index in [2.05, 4.69) is 22.3 Å². The summed E-state index contributed by atoms with van der Waals surface area (Å²) in [6.45, 7) is 4.73. The van der Waals surface area contributed by atoms with E-state index < -0.39 is 5.91 Å². The van der Waals surface area contributed by atoms with Gasteiger partial charge in [-0.3, -0.25) is 14.2 Å². The zero-order valence-corrected chi connectivity index (χ0v) is 17.6. The van der Waals surface area contributed by atoms with Crippen molar-refractivity contribution in [1.29, 1.82) is 0 Å². The van der Waals surface area contributed by atoms with Crippen molar-refractivity contribution in [2.45, 2.75) is 39.7 Å². The summed E-state index contributed by atoms with van der Waals surface area (Å²) in [7, 11) is 0. The fourth-order valence-corrected chi connectivity index (χ4v) is 3.60. The monoisotopic (exact) mass is 421 g/mol. The number of nitrogens with zero attached hydrogens (tertiary/aromatic N) is 4. The Labute approximate surface area is 178 Å². The lowest BCUT2D eigenvalue weighted by atomic mass is 10.2. The first kappa shape index (κ1) is 20.7. The molecule has 0 radical (unpaired) electrons. The van der Waals surface area contributed by atoms with Gasteiger partial charge in [0.2, 0.25) is 11.5 Å². The lowest BCUT2D eigenvalue weighted by molar-refractivity contribution is 0.0943. The Kier molecular flexibility index (Phi) is 5.79. The summed E-state index contributed by atoms with van der Waals surface area (Å²) in [6.07, 6.45) is 2.95. The zero-order valence-electron chi connectivity index (χ0n) is 17.6. The molecule has 0 saturated heterocycles. The number of aromatic nitrogens is 4. The van der Waals surface area contributed by atoms with Crippen molar-refractivity contribution in [3.05, 3.63) is 75.6 Å². The highest BCUT2D eigenvalue weighted by molar-refractivity contribution is 5.91. The van der Waals surface area contributed by atoms with E-state index in [0.717, 1.165) is 24.8 Å². The van der Waals surface area contributed by atoms with Crippen LogP contribution in [0.2, 0.25) is 0 Å². The van der Waals surface area contributed by atoms with Gasteiger partial charge in [0.05, 0.1) is 17.6 Å². The minimum absolute atomic E-state index is 0.0426. The second-order valence-electron chi connectivity index (χ2n) is 7.65. The molecule has 4 rings (SSSR count). The molecule has 0 atom stereocenters. The van der Waals surface area contributed by atoms with Gasteiger partial charge in [-0.15, -0.1) is 5.10 Å². The maximum atomic E-state index is 13.7. The Morgan fingerprint density at radius 3 is 2.74 bits per heavy atom. The Morgan fingerprint density at radius 1 is 1.13 bits per heavy atom. The molecule has 0 unspecified atom stereocenters. The lowest BCUT2D eigenvalue weighted by Crippen LogP contribution is -2.25. The Bertz CT molecular complexity index is 1330. The Hall–Kier alpha value is -3.55. The number of carbonyl (C=O) groups excluding carboxylic acids is 1. The van der Waals surface area contributed by atoms with Gasteiger partial charge in [0.25, 0.3) is 11.5 Å². The minimum atomic E-state index is -0.406. The molecular formula is C23H24FN5O2. The fraction of sp³-hybridized carbons (Fsp3) is 0.304. The quantitative estimate of drug-likeness (QED) is 0.464. The summed E-state index contributed by atoms with van der Waals surface area (Å²) in [6, 6.07) is 11.8. The van der Waals surface area contributed by atoms with E-state index >= 15 is 0 Å². The zero-order chi connectivity index (χ0) is 22.0. The predicted molar refractivity (Wildman–Crippen MR) is 117 cm³/mol. The molecule has 160 valence electrons. The van der Waals surface area contributed by atoms with Crippen LogP contribution in [0, 0.1) is 12.7 Å². The SMILES string of the molecule is CCCCCNC(=O)c1nc2c(=O)n(Cc3cccc(F)c3)c3cc(C)ccc3n2n1. The van der Waals surface area contributed by atoms with Crippen LogP contribution in [0.15, 0.2) is 47.3 Å². The average Bonchev–Trinajstić information content (AvgIpc) is 3.20. The van der Waals surface area contributed by atoms with Crippen molar-refractivity contribution in [2.24, 2.45) is 0 Å². The highest BCUT2D eigenvalue weighted by atomic mass is 19.1. The van der Waals surface area contributed by atoms with E-state index in [1.807, 2.05) is 25.1 Å². The highest BCUT2D eigenvalue weighted by Gasteiger charge is 2.19. The van der Waals surface area contributed by atoms with Gasteiger partial charge in [0.15, 0.2) is 0 Å². The molecular weight excluding hydrogens is 397 g/mol. The normalized spacial score (nSPS) is 11.3. The number of halogens is 1. The number of hydrogen-bond donors (Lipinski definition) is 1. The predicted octanol–water partition coefficient (Wildman–Crippen LogP) is 3.46. The maximum absolute atomic E-state index is 13.7. The van der Waals surface area contributed by atoms with Gasteiger partial charge in [-0.2, -0.15) is 4.98 Å². The highest BCUT2D eigenvalue weighted by Crippen LogP contribution is 2.17. The van der Waals surface area contributed by atoms with Crippen molar-refractivity contribution in [3.8, 4) is 0 Å². The van der Waals surface area contributed by atoms with Gasteiger partial charge in [0.1, 0.15) is 5.82 Å². The molecule has 0 aliphatic heterocycles. The van der Waals surface area contributed by atoms with Crippen LogP contribution >= 0.6 is 0 Å². The summed E-state index contributed by atoms with van der Waals surface area (Å²) in [4.78, 5) is 30.0. The molecule has 7 nitrogen and oxygen atoms in total. The van der Waals surface area contributed by atoms with E-state index in [-0.39, 0.29) is 29.4 Å². The van der Waals surface area contributed by atoms with Gasteiger partial charge in [0, 0.05) is 6.54 Å². The number of nitrogens with one attached hydrogen (secondary N) is 1. The van der Waals surface area contributed by atoms with Crippen molar-refractivity contribution in [1.82, 2.24) is 24.5 Å². The molecule has 2 heterocycles. The van der Waals surface area contributed by atoms with Gasteiger partial charge in [-0.05, 0) is 48.7 Å². The average molecular weight is 421 g/mol. The number of benzene rings is 2. The maximum Gasteiger partial charge on any atom is 0.296 e. The number of rotatable bonds is 7. The first-order chi connectivity index (χ1) is 15.0. The molecule has 0 bridgehead atoms. The molecule has 0 spiro atoms.